The maximum atomic E-state index is 13.4. The molecule has 162 valence electrons. The van der Waals surface area contributed by atoms with Gasteiger partial charge >= 0.3 is 0 Å². The molecule has 31 heavy (non-hydrogen) atoms. The zero-order valence-electron chi connectivity index (χ0n) is 17.9. The number of fused-ring (bicyclic) bond motifs is 1. The van der Waals surface area contributed by atoms with Crippen LogP contribution >= 0.6 is 0 Å². The van der Waals surface area contributed by atoms with Crippen LogP contribution in [0.25, 0.3) is 11.0 Å². The smallest absolute Gasteiger partial charge is 0.170 e. The van der Waals surface area contributed by atoms with E-state index in [9.17, 15) is 9.18 Å². The Morgan fingerprint density at radius 3 is 2.77 bits per heavy atom. The van der Waals surface area contributed by atoms with E-state index in [1.807, 2.05) is 18.2 Å². The van der Waals surface area contributed by atoms with Gasteiger partial charge in [-0.25, -0.2) is 4.39 Å². The summed E-state index contributed by atoms with van der Waals surface area (Å²) in [5.74, 6) is 0.681. The lowest BCUT2D eigenvalue weighted by molar-refractivity contribution is 0.101. The second-order valence-corrected chi connectivity index (χ2v) is 8.05. The molecule has 3 aromatic rings. The van der Waals surface area contributed by atoms with E-state index < -0.39 is 0 Å². The van der Waals surface area contributed by atoms with E-state index in [0.29, 0.717) is 22.8 Å². The largest absolute Gasteiger partial charge is 0.496 e. The summed E-state index contributed by atoms with van der Waals surface area (Å²) in [5, 5.41) is 5.14. The topological polar surface area (TPSA) is 55.6 Å². The number of methoxy groups -OCH3 is 1. The van der Waals surface area contributed by atoms with Gasteiger partial charge in [0.05, 0.1) is 18.4 Å². The second-order valence-electron chi connectivity index (χ2n) is 8.05. The van der Waals surface area contributed by atoms with Crippen LogP contribution in [0.1, 0.15) is 47.3 Å². The Kier molecular flexibility index (Phi) is 6.47. The molecule has 1 aromatic heterocycles. The zero-order chi connectivity index (χ0) is 21.8. The Morgan fingerprint density at radius 1 is 1.23 bits per heavy atom. The lowest BCUT2D eigenvalue weighted by Gasteiger charge is -2.30. The van der Waals surface area contributed by atoms with Crippen LogP contribution in [-0.4, -0.2) is 42.6 Å². The van der Waals surface area contributed by atoms with Crippen molar-refractivity contribution < 1.29 is 18.4 Å². The maximum Gasteiger partial charge on any atom is 0.170 e. The van der Waals surface area contributed by atoms with Crippen molar-refractivity contribution in [1.29, 1.82) is 0 Å². The molecule has 0 unspecified atom stereocenters. The minimum atomic E-state index is -0.301. The van der Waals surface area contributed by atoms with Crippen LogP contribution in [0, 0.1) is 5.82 Å². The fraction of sp³-hybridized carbons (Fsp3) is 0.360. The van der Waals surface area contributed by atoms with Gasteiger partial charge in [0, 0.05) is 23.9 Å². The maximum absolute atomic E-state index is 13.4. The van der Waals surface area contributed by atoms with E-state index in [-0.39, 0.29) is 11.6 Å². The van der Waals surface area contributed by atoms with Crippen LogP contribution in [0.15, 0.2) is 53.1 Å². The van der Waals surface area contributed by atoms with E-state index in [0.717, 1.165) is 55.5 Å². The molecule has 0 N–H and O–H groups in total. The highest BCUT2D eigenvalue weighted by Gasteiger charge is 2.24. The highest BCUT2D eigenvalue weighted by atomic mass is 19.1. The summed E-state index contributed by atoms with van der Waals surface area (Å²) < 4.78 is 24.0. The predicted octanol–water partition coefficient (Wildman–Crippen LogP) is 5.16. The number of ether oxygens (including phenoxy) is 1. The van der Waals surface area contributed by atoms with Crippen molar-refractivity contribution >= 4 is 16.8 Å². The van der Waals surface area contributed by atoms with E-state index in [4.69, 9.17) is 9.26 Å². The fourth-order valence-corrected chi connectivity index (χ4v) is 4.21. The minimum absolute atomic E-state index is 0.00752. The van der Waals surface area contributed by atoms with Crippen LogP contribution in [0.5, 0.6) is 5.75 Å². The number of halogens is 1. The van der Waals surface area contributed by atoms with Gasteiger partial charge in [-0.1, -0.05) is 23.4 Å². The Hall–Kier alpha value is -2.99. The molecule has 0 spiro atoms. The molecule has 1 aliphatic heterocycles. The first-order valence-electron chi connectivity index (χ1n) is 10.6. The van der Waals surface area contributed by atoms with Gasteiger partial charge < -0.3 is 9.26 Å². The highest BCUT2D eigenvalue weighted by Crippen LogP contribution is 2.32. The normalized spacial score (nSPS) is 15.7. The summed E-state index contributed by atoms with van der Waals surface area (Å²) >= 11 is 0. The lowest BCUT2D eigenvalue weighted by Crippen LogP contribution is -2.33. The van der Waals surface area contributed by atoms with Crippen LogP contribution in [-0.2, 0) is 6.42 Å². The van der Waals surface area contributed by atoms with E-state index in [1.165, 1.54) is 12.1 Å². The van der Waals surface area contributed by atoms with E-state index in [2.05, 4.69) is 22.2 Å². The molecular formula is C25H27FN2O3. The molecule has 0 bridgehead atoms. The molecular weight excluding hydrogens is 395 g/mol. The van der Waals surface area contributed by atoms with Crippen molar-refractivity contribution in [2.24, 2.45) is 0 Å². The third kappa shape index (κ3) is 4.85. The number of benzene rings is 2. The molecule has 1 fully saturated rings. The Bertz CT molecular complexity index is 1100. The summed E-state index contributed by atoms with van der Waals surface area (Å²) in [6, 6.07) is 10.4. The molecule has 1 saturated heterocycles. The summed E-state index contributed by atoms with van der Waals surface area (Å²) in [6.07, 6.45) is 7.17. The first-order chi connectivity index (χ1) is 15.0. The third-order valence-electron chi connectivity index (χ3n) is 5.97. The zero-order valence-corrected chi connectivity index (χ0v) is 17.9. The van der Waals surface area contributed by atoms with Crippen molar-refractivity contribution in [1.82, 2.24) is 10.1 Å². The first kappa shape index (κ1) is 21.2. The molecule has 0 aliphatic carbocycles. The summed E-state index contributed by atoms with van der Waals surface area (Å²) in [6.45, 7) is 4.43. The van der Waals surface area contributed by atoms with Crippen molar-refractivity contribution in [2.45, 2.75) is 32.1 Å². The van der Waals surface area contributed by atoms with Gasteiger partial charge in [0.1, 0.15) is 11.6 Å². The van der Waals surface area contributed by atoms with Crippen LogP contribution < -0.4 is 4.74 Å². The molecule has 4 rings (SSSR count). The predicted molar refractivity (Wildman–Crippen MR) is 118 cm³/mol. The average molecular weight is 423 g/mol. The number of rotatable bonds is 7. The second kappa shape index (κ2) is 9.43. The van der Waals surface area contributed by atoms with Gasteiger partial charge in [0.15, 0.2) is 11.4 Å². The number of piperidine rings is 1. The number of hydrogen-bond donors (Lipinski definition) is 0. The molecule has 0 atom stereocenters. The number of allylic oxidation sites excluding steroid dienone is 1. The van der Waals surface area contributed by atoms with Crippen molar-refractivity contribution in [3.8, 4) is 5.75 Å². The number of hydrogen-bond acceptors (Lipinski definition) is 5. The van der Waals surface area contributed by atoms with Crippen LogP contribution in [0.3, 0.4) is 0 Å². The van der Waals surface area contributed by atoms with Crippen LogP contribution in [0.4, 0.5) is 4.39 Å². The number of aromatic nitrogens is 1. The SMILES string of the molecule is COc1cc(C/C=C/CN2CCC(c3noc4cc(F)ccc34)CC2)ccc1C(C)=O. The van der Waals surface area contributed by atoms with E-state index in [1.54, 1.807) is 20.1 Å². The van der Waals surface area contributed by atoms with Gasteiger partial charge in [-0.2, -0.15) is 0 Å². The van der Waals surface area contributed by atoms with Gasteiger partial charge in [0.25, 0.3) is 0 Å². The summed E-state index contributed by atoms with van der Waals surface area (Å²) in [7, 11) is 1.59. The Balaban J connectivity index is 1.28. The molecule has 6 heteroatoms. The van der Waals surface area contributed by atoms with Crippen LogP contribution in [0.2, 0.25) is 0 Å². The monoisotopic (exact) mass is 422 g/mol. The van der Waals surface area contributed by atoms with Gasteiger partial charge in [-0.05, 0) is 69.1 Å². The molecule has 0 saturated carbocycles. The molecule has 5 nitrogen and oxygen atoms in total. The van der Waals surface area contributed by atoms with Gasteiger partial charge in [-0.3, -0.25) is 9.69 Å². The molecule has 0 amide bonds. The minimum Gasteiger partial charge on any atom is -0.496 e. The number of ketones is 1. The first-order valence-corrected chi connectivity index (χ1v) is 10.6. The summed E-state index contributed by atoms with van der Waals surface area (Å²) in [4.78, 5) is 14.0. The quantitative estimate of drug-likeness (QED) is 0.389. The van der Waals surface area contributed by atoms with Gasteiger partial charge in [0.2, 0.25) is 0 Å². The lowest BCUT2D eigenvalue weighted by atomic mass is 9.91. The third-order valence-corrected chi connectivity index (χ3v) is 5.97. The van der Waals surface area contributed by atoms with Crippen molar-refractivity contribution in [3.63, 3.8) is 0 Å². The molecule has 1 aliphatic rings. The standard InChI is InChI=1S/C25H27FN2O3/c1-17(29)21-8-6-18(15-23(21)30-2)5-3-4-12-28-13-10-19(11-14-28)25-22-9-7-20(26)16-24(22)31-27-25/h3-4,6-9,15-16,19H,5,10-14H2,1-2H3/b4-3+. The summed E-state index contributed by atoms with van der Waals surface area (Å²) in [5.41, 5.74) is 3.20. The molecule has 2 aromatic carbocycles. The van der Waals surface area contributed by atoms with Gasteiger partial charge in [-0.15, -0.1) is 0 Å². The average Bonchev–Trinajstić information content (AvgIpc) is 3.19. The van der Waals surface area contributed by atoms with Crippen molar-refractivity contribution in [2.75, 3.05) is 26.7 Å². The van der Waals surface area contributed by atoms with E-state index >= 15 is 0 Å². The Labute approximate surface area is 181 Å². The highest BCUT2D eigenvalue weighted by molar-refractivity contribution is 5.96. The number of carbonyl (C=O) groups is 1. The Morgan fingerprint density at radius 2 is 2.03 bits per heavy atom. The molecule has 0 radical (unpaired) electrons. The number of carbonyl (C=O) groups excluding carboxylic acids is 1. The molecule has 2 heterocycles. The fourth-order valence-electron chi connectivity index (χ4n) is 4.21. The number of nitrogens with zero attached hydrogens (tertiary/aromatic N) is 2. The van der Waals surface area contributed by atoms with Crippen molar-refractivity contribution in [3.05, 3.63) is 71.2 Å². The number of likely N-dealkylation sites (tertiary alicyclic amines) is 1. The number of Topliss-reactive ketones (excluding diaryl/α,β-unsaturated/α-hetero) is 1.